The van der Waals surface area contributed by atoms with Crippen LogP contribution in [-0.2, 0) is 19.1 Å². The molecule has 0 aliphatic heterocycles. The van der Waals surface area contributed by atoms with Crippen molar-refractivity contribution in [1.29, 1.82) is 0 Å². The third-order valence-corrected chi connectivity index (χ3v) is 6.12. The van der Waals surface area contributed by atoms with Gasteiger partial charge >= 0.3 is 17.9 Å². The summed E-state index contributed by atoms with van der Waals surface area (Å²) in [6.45, 7) is 3.97. The van der Waals surface area contributed by atoms with Gasteiger partial charge in [0.05, 0.1) is 12.0 Å². The number of nitrogens with zero attached hydrogens (tertiary/aromatic N) is 1. The average molecular weight is 518 g/mol. The first kappa shape index (κ1) is 32.5. The SMILES string of the molecule is CCCCCCCCCCCCCCCCN=C(CCC(=O)OC(=O)C(C)O)OC(=O)c1ccccc1. The highest BCUT2D eigenvalue weighted by atomic mass is 16.6. The summed E-state index contributed by atoms with van der Waals surface area (Å²) in [4.78, 5) is 40.1. The lowest BCUT2D eigenvalue weighted by molar-refractivity contribution is -0.165. The van der Waals surface area contributed by atoms with Crippen LogP contribution in [0.2, 0.25) is 0 Å². The zero-order valence-corrected chi connectivity index (χ0v) is 22.9. The Morgan fingerprint density at radius 3 is 1.78 bits per heavy atom. The molecule has 0 amide bonds. The first-order valence-corrected chi connectivity index (χ1v) is 14.2. The maximum atomic E-state index is 12.4. The highest BCUT2D eigenvalue weighted by molar-refractivity contribution is 5.99. The standard InChI is InChI=1S/C30H47NO6/c1-3-4-5-6-7-8-9-10-11-12-13-14-15-19-24-31-27(22-23-28(33)37-29(34)25(2)32)36-30(35)26-20-17-16-18-21-26/h16-18,20-21,25,32H,3-15,19,22-24H2,1-2H3. The number of ether oxygens (including phenoxy) is 2. The maximum Gasteiger partial charge on any atom is 0.344 e. The molecule has 208 valence electrons. The van der Waals surface area contributed by atoms with E-state index in [1.54, 1.807) is 30.3 Å². The van der Waals surface area contributed by atoms with Crippen molar-refractivity contribution in [2.24, 2.45) is 4.99 Å². The van der Waals surface area contributed by atoms with Crippen LogP contribution in [0.15, 0.2) is 35.3 Å². The smallest absolute Gasteiger partial charge is 0.344 e. The van der Waals surface area contributed by atoms with Gasteiger partial charge in [0.25, 0.3) is 0 Å². The van der Waals surface area contributed by atoms with E-state index in [2.05, 4.69) is 16.7 Å². The molecule has 0 fully saturated rings. The van der Waals surface area contributed by atoms with Crippen LogP contribution in [0.5, 0.6) is 0 Å². The topological polar surface area (TPSA) is 102 Å². The molecule has 37 heavy (non-hydrogen) atoms. The monoisotopic (exact) mass is 517 g/mol. The number of benzene rings is 1. The maximum absolute atomic E-state index is 12.4. The van der Waals surface area contributed by atoms with Crippen molar-refractivity contribution in [2.45, 2.75) is 123 Å². The second-order valence-corrected chi connectivity index (χ2v) is 9.60. The van der Waals surface area contributed by atoms with E-state index in [-0.39, 0.29) is 18.7 Å². The molecule has 0 spiro atoms. The number of aliphatic hydroxyl groups is 1. The summed E-state index contributed by atoms with van der Waals surface area (Å²) >= 11 is 0. The van der Waals surface area contributed by atoms with Crippen molar-refractivity contribution in [3.05, 3.63) is 35.9 Å². The molecule has 1 aromatic rings. The number of hydrogen-bond acceptors (Lipinski definition) is 7. The summed E-state index contributed by atoms with van der Waals surface area (Å²) in [5.41, 5.74) is 0.388. The fourth-order valence-electron chi connectivity index (χ4n) is 3.87. The Labute approximate surface area is 223 Å². The molecule has 7 heteroatoms. The minimum absolute atomic E-state index is 0.0309. The highest BCUT2D eigenvalue weighted by Crippen LogP contribution is 2.13. The minimum atomic E-state index is -1.38. The molecular weight excluding hydrogens is 470 g/mol. The molecule has 0 heterocycles. The van der Waals surface area contributed by atoms with Gasteiger partial charge in [0.1, 0.15) is 6.10 Å². The van der Waals surface area contributed by atoms with Crippen LogP contribution in [0.4, 0.5) is 0 Å². The molecule has 0 bridgehead atoms. The fraction of sp³-hybridized carbons (Fsp3) is 0.667. The molecule has 1 rings (SSSR count). The van der Waals surface area contributed by atoms with E-state index in [4.69, 9.17) is 4.74 Å². The Morgan fingerprint density at radius 1 is 0.757 bits per heavy atom. The Kier molecular flexibility index (Phi) is 18.9. The van der Waals surface area contributed by atoms with Crippen molar-refractivity contribution in [3.63, 3.8) is 0 Å². The number of esters is 3. The van der Waals surface area contributed by atoms with Crippen LogP contribution in [0.25, 0.3) is 0 Å². The van der Waals surface area contributed by atoms with Crippen molar-refractivity contribution in [2.75, 3.05) is 6.54 Å². The van der Waals surface area contributed by atoms with Gasteiger partial charge in [-0.2, -0.15) is 0 Å². The van der Waals surface area contributed by atoms with Gasteiger partial charge in [-0.15, -0.1) is 0 Å². The Morgan fingerprint density at radius 2 is 1.27 bits per heavy atom. The lowest BCUT2D eigenvalue weighted by atomic mass is 10.0. The molecule has 1 unspecified atom stereocenters. The molecule has 0 saturated carbocycles. The lowest BCUT2D eigenvalue weighted by Crippen LogP contribution is -2.23. The van der Waals surface area contributed by atoms with Crippen LogP contribution in [0.3, 0.4) is 0 Å². The Hall–Kier alpha value is -2.54. The van der Waals surface area contributed by atoms with Gasteiger partial charge < -0.3 is 14.6 Å². The molecule has 0 aliphatic rings. The van der Waals surface area contributed by atoms with Crippen LogP contribution in [-0.4, -0.2) is 41.6 Å². The number of carbonyl (C=O) groups excluding carboxylic acids is 3. The van der Waals surface area contributed by atoms with Gasteiger partial charge in [-0.05, 0) is 25.5 Å². The minimum Gasteiger partial charge on any atom is -0.408 e. The lowest BCUT2D eigenvalue weighted by Gasteiger charge is -2.09. The van der Waals surface area contributed by atoms with Crippen LogP contribution in [0, 0.1) is 0 Å². The van der Waals surface area contributed by atoms with E-state index < -0.39 is 24.0 Å². The predicted octanol–water partition coefficient (Wildman–Crippen LogP) is 6.95. The Bertz CT molecular complexity index is 791. The van der Waals surface area contributed by atoms with E-state index in [1.807, 2.05) is 0 Å². The fourth-order valence-corrected chi connectivity index (χ4v) is 3.87. The van der Waals surface area contributed by atoms with E-state index in [0.29, 0.717) is 12.1 Å². The normalized spacial score (nSPS) is 12.2. The van der Waals surface area contributed by atoms with Gasteiger partial charge in [-0.3, -0.25) is 9.79 Å². The van der Waals surface area contributed by atoms with Crippen molar-refractivity contribution >= 4 is 23.8 Å². The van der Waals surface area contributed by atoms with Gasteiger partial charge in [0, 0.05) is 13.0 Å². The summed E-state index contributed by atoms with van der Waals surface area (Å²) in [5.74, 6) is -2.21. The summed E-state index contributed by atoms with van der Waals surface area (Å²) in [7, 11) is 0. The van der Waals surface area contributed by atoms with E-state index in [1.165, 1.54) is 77.6 Å². The molecule has 0 aromatic heterocycles. The zero-order chi connectivity index (χ0) is 27.1. The number of aliphatic hydroxyl groups excluding tert-OH is 1. The average Bonchev–Trinajstić information content (AvgIpc) is 2.89. The third-order valence-electron chi connectivity index (χ3n) is 6.12. The molecule has 0 saturated heterocycles. The molecule has 1 N–H and O–H groups in total. The molecule has 0 aliphatic carbocycles. The first-order chi connectivity index (χ1) is 17.9. The van der Waals surface area contributed by atoms with Crippen molar-refractivity contribution in [3.8, 4) is 0 Å². The third kappa shape index (κ3) is 17.5. The largest absolute Gasteiger partial charge is 0.408 e. The van der Waals surface area contributed by atoms with Gasteiger partial charge in [-0.25, -0.2) is 9.59 Å². The first-order valence-electron chi connectivity index (χ1n) is 14.2. The number of aliphatic imine (C=N–C) groups is 1. The Balaban J connectivity index is 2.30. The van der Waals surface area contributed by atoms with Gasteiger partial charge in [0.2, 0.25) is 0 Å². The summed E-state index contributed by atoms with van der Waals surface area (Å²) in [6, 6.07) is 8.56. The number of rotatable bonds is 20. The summed E-state index contributed by atoms with van der Waals surface area (Å²) < 4.78 is 9.99. The number of carbonyl (C=O) groups is 3. The second-order valence-electron chi connectivity index (χ2n) is 9.60. The zero-order valence-electron chi connectivity index (χ0n) is 22.9. The number of unbranched alkanes of at least 4 members (excludes halogenated alkanes) is 13. The van der Waals surface area contributed by atoms with Crippen LogP contribution < -0.4 is 0 Å². The highest BCUT2D eigenvalue weighted by Gasteiger charge is 2.18. The molecular formula is C30H47NO6. The quantitative estimate of drug-likeness (QED) is 0.0660. The molecule has 1 aromatic carbocycles. The van der Waals surface area contributed by atoms with Crippen LogP contribution >= 0.6 is 0 Å². The van der Waals surface area contributed by atoms with E-state index in [0.717, 1.165) is 19.3 Å². The predicted molar refractivity (Wildman–Crippen MR) is 146 cm³/mol. The van der Waals surface area contributed by atoms with E-state index in [9.17, 15) is 19.5 Å². The molecule has 1 atom stereocenters. The van der Waals surface area contributed by atoms with Gasteiger partial charge in [-0.1, -0.05) is 109 Å². The molecule has 0 radical (unpaired) electrons. The molecule has 7 nitrogen and oxygen atoms in total. The van der Waals surface area contributed by atoms with Crippen LogP contribution in [0.1, 0.15) is 127 Å². The summed E-state index contributed by atoms with van der Waals surface area (Å²) in [5, 5.41) is 9.17. The van der Waals surface area contributed by atoms with Crippen molar-refractivity contribution < 1.29 is 29.0 Å². The van der Waals surface area contributed by atoms with Gasteiger partial charge in [0.15, 0.2) is 5.90 Å². The van der Waals surface area contributed by atoms with E-state index >= 15 is 0 Å². The second kappa shape index (κ2) is 21.5. The number of hydrogen-bond donors (Lipinski definition) is 1. The van der Waals surface area contributed by atoms with Crippen molar-refractivity contribution in [1.82, 2.24) is 0 Å². The summed E-state index contributed by atoms with van der Waals surface area (Å²) in [6.07, 6.45) is 16.2.